The quantitative estimate of drug-likeness (QED) is 0.880. The molecule has 0 atom stereocenters. The van der Waals surface area contributed by atoms with Crippen LogP contribution in [-0.4, -0.2) is 30.6 Å². The van der Waals surface area contributed by atoms with Crippen molar-refractivity contribution in [3.63, 3.8) is 0 Å². The number of carboxylic acids is 1. The molecule has 112 valence electrons. The standard InChI is InChI=1S/C12H11F3N4O2/c1-7-9(3-4-10(20)21)11(18(2)17-7)19-6-8(5-16-19)12(13,14)15/h3-6H,1-2H3,(H,20,21). The van der Waals surface area contributed by atoms with Crippen LogP contribution in [0.5, 0.6) is 0 Å². The number of nitrogens with zero attached hydrogens (tertiary/aromatic N) is 4. The van der Waals surface area contributed by atoms with Gasteiger partial charge in [0.05, 0.1) is 17.5 Å². The minimum atomic E-state index is -4.50. The number of hydrogen-bond acceptors (Lipinski definition) is 3. The molecule has 0 bridgehead atoms. The average Bonchev–Trinajstić information content (AvgIpc) is 2.90. The number of carbonyl (C=O) groups is 1. The first kappa shape index (κ1) is 14.8. The van der Waals surface area contributed by atoms with Crippen molar-refractivity contribution in [2.75, 3.05) is 0 Å². The Labute approximate surface area is 117 Å². The topological polar surface area (TPSA) is 72.9 Å². The molecule has 6 nitrogen and oxygen atoms in total. The highest BCUT2D eigenvalue weighted by atomic mass is 19.4. The van der Waals surface area contributed by atoms with Crippen LogP contribution in [0.2, 0.25) is 0 Å². The van der Waals surface area contributed by atoms with Gasteiger partial charge in [0, 0.05) is 24.9 Å². The van der Waals surface area contributed by atoms with Crippen molar-refractivity contribution in [3.8, 4) is 5.82 Å². The lowest BCUT2D eigenvalue weighted by atomic mass is 10.2. The fourth-order valence-electron chi connectivity index (χ4n) is 1.87. The minimum Gasteiger partial charge on any atom is -0.478 e. The fourth-order valence-corrected chi connectivity index (χ4v) is 1.87. The van der Waals surface area contributed by atoms with Gasteiger partial charge in [0.25, 0.3) is 0 Å². The molecule has 0 spiro atoms. The molecule has 0 amide bonds. The highest BCUT2D eigenvalue weighted by molar-refractivity contribution is 5.86. The molecule has 21 heavy (non-hydrogen) atoms. The molecular weight excluding hydrogens is 289 g/mol. The molecule has 2 heterocycles. The average molecular weight is 300 g/mol. The van der Waals surface area contributed by atoms with Crippen LogP contribution in [0.25, 0.3) is 11.9 Å². The van der Waals surface area contributed by atoms with E-state index in [1.54, 1.807) is 6.92 Å². The lowest BCUT2D eigenvalue weighted by Crippen LogP contribution is -2.06. The van der Waals surface area contributed by atoms with Gasteiger partial charge in [-0.25, -0.2) is 9.48 Å². The Morgan fingerprint density at radius 2 is 2.10 bits per heavy atom. The molecule has 0 aliphatic rings. The number of alkyl halides is 3. The molecule has 9 heteroatoms. The highest BCUT2D eigenvalue weighted by Crippen LogP contribution is 2.29. The van der Waals surface area contributed by atoms with Gasteiger partial charge in [0.15, 0.2) is 5.82 Å². The monoisotopic (exact) mass is 300 g/mol. The highest BCUT2D eigenvalue weighted by Gasteiger charge is 2.32. The van der Waals surface area contributed by atoms with Gasteiger partial charge in [-0.1, -0.05) is 0 Å². The molecule has 0 unspecified atom stereocenters. The van der Waals surface area contributed by atoms with Gasteiger partial charge in [-0.05, 0) is 13.0 Å². The van der Waals surface area contributed by atoms with Crippen LogP contribution in [0, 0.1) is 6.92 Å². The molecule has 2 aromatic heterocycles. The Hall–Kier alpha value is -2.58. The summed E-state index contributed by atoms with van der Waals surface area (Å²) in [5, 5.41) is 16.4. The van der Waals surface area contributed by atoms with Gasteiger partial charge < -0.3 is 5.11 Å². The van der Waals surface area contributed by atoms with Gasteiger partial charge in [-0.3, -0.25) is 4.68 Å². The first-order valence-corrected chi connectivity index (χ1v) is 5.77. The summed E-state index contributed by atoms with van der Waals surface area (Å²) in [6.45, 7) is 1.62. The van der Waals surface area contributed by atoms with Gasteiger partial charge in [0.2, 0.25) is 0 Å². The van der Waals surface area contributed by atoms with Gasteiger partial charge in [0.1, 0.15) is 0 Å². The molecule has 0 fully saturated rings. The van der Waals surface area contributed by atoms with Gasteiger partial charge in [-0.2, -0.15) is 23.4 Å². The van der Waals surface area contributed by atoms with E-state index in [1.807, 2.05) is 0 Å². The molecule has 2 aromatic rings. The number of aromatic nitrogens is 4. The van der Waals surface area contributed by atoms with Crippen LogP contribution in [0.15, 0.2) is 18.5 Å². The summed E-state index contributed by atoms with van der Waals surface area (Å²) in [7, 11) is 1.54. The molecule has 0 saturated heterocycles. The molecule has 1 N–H and O–H groups in total. The van der Waals surface area contributed by atoms with E-state index in [-0.39, 0.29) is 5.82 Å². The summed E-state index contributed by atoms with van der Waals surface area (Å²) in [6.07, 6.45) is -0.804. The van der Waals surface area contributed by atoms with Crippen molar-refractivity contribution < 1.29 is 23.1 Å². The molecule has 0 radical (unpaired) electrons. The van der Waals surface area contributed by atoms with E-state index in [0.717, 1.165) is 17.0 Å². The van der Waals surface area contributed by atoms with Crippen LogP contribution in [0.4, 0.5) is 13.2 Å². The minimum absolute atomic E-state index is 0.250. The van der Waals surface area contributed by atoms with Crippen LogP contribution >= 0.6 is 0 Å². The van der Waals surface area contributed by atoms with E-state index < -0.39 is 17.7 Å². The number of halogens is 3. The zero-order valence-electron chi connectivity index (χ0n) is 11.1. The summed E-state index contributed by atoms with van der Waals surface area (Å²) in [5.74, 6) is -0.916. The third kappa shape index (κ3) is 2.96. The summed E-state index contributed by atoms with van der Waals surface area (Å²) in [5.41, 5.74) is -0.0275. The summed E-state index contributed by atoms with van der Waals surface area (Å²) >= 11 is 0. The van der Waals surface area contributed by atoms with E-state index in [0.29, 0.717) is 17.5 Å². The summed E-state index contributed by atoms with van der Waals surface area (Å²) in [6, 6.07) is 0. The Balaban J connectivity index is 2.53. The van der Waals surface area contributed by atoms with E-state index >= 15 is 0 Å². The van der Waals surface area contributed by atoms with Crippen molar-refractivity contribution in [1.82, 2.24) is 19.6 Å². The van der Waals surface area contributed by atoms with Crippen LogP contribution in [-0.2, 0) is 18.0 Å². The third-order valence-electron chi connectivity index (χ3n) is 2.76. The summed E-state index contributed by atoms with van der Waals surface area (Å²) < 4.78 is 40.2. The maximum absolute atomic E-state index is 12.6. The third-order valence-corrected chi connectivity index (χ3v) is 2.76. The lowest BCUT2D eigenvalue weighted by Gasteiger charge is -2.04. The summed E-state index contributed by atoms with van der Waals surface area (Å²) in [4.78, 5) is 10.6. The Morgan fingerprint density at radius 3 is 2.62 bits per heavy atom. The van der Waals surface area contributed by atoms with E-state index in [1.165, 1.54) is 17.8 Å². The Kier molecular flexibility index (Phi) is 3.58. The first-order chi connectivity index (χ1) is 9.70. The predicted octanol–water partition coefficient (Wildman–Crippen LogP) is 2.03. The van der Waals surface area contributed by atoms with Gasteiger partial charge >= 0.3 is 12.1 Å². The fraction of sp³-hybridized carbons (Fsp3) is 0.250. The molecule has 2 rings (SSSR count). The van der Waals surface area contributed by atoms with Crippen molar-refractivity contribution in [1.29, 1.82) is 0 Å². The van der Waals surface area contributed by atoms with Crippen LogP contribution < -0.4 is 0 Å². The number of rotatable bonds is 3. The van der Waals surface area contributed by atoms with Crippen LogP contribution in [0.1, 0.15) is 16.8 Å². The second kappa shape index (κ2) is 5.08. The largest absolute Gasteiger partial charge is 0.478 e. The first-order valence-electron chi connectivity index (χ1n) is 5.77. The van der Waals surface area contributed by atoms with Gasteiger partial charge in [-0.15, -0.1) is 0 Å². The van der Waals surface area contributed by atoms with Crippen molar-refractivity contribution in [3.05, 3.63) is 35.3 Å². The van der Waals surface area contributed by atoms with E-state index in [9.17, 15) is 18.0 Å². The van der Waals surface area contributed by atoms with E-state index in [2.05, 4.69) is 10.2 Å². The van der Waals surface area contributed by atoms with E-state index in [4.69, 9.17) is 5.11 Å². The Bertz CT molecular complexity index is 713. The zero-order chi connectivity index (χ0) is 15.8. The predicted molar refractivity (Wildman–Crippen MR) is 66.7 cm³/mol. The molecule has 0 aromatic carbocycles. The normalized spacial score (nSPS) is 12.2. The number of aliphatic carboxylic acids is 1. The molecule has 0 aliphatic heterocycles. The molecule has 0 aliphatic carbocycles. The number of aryl methyl sites for hydroxylation is 2. The zero-order valence-corrected chi connectivity index (χ0v) is 11.1. The smallest absolute Gasteiger partial charge is 0.419 e. The van der Waals surface area contributed by atoms with Crippen molar-refractivity contribution in [2.45, 2.75) is 13.1 Å². The SMILES string of the molecule is Cc1nn(C)c(-n2cc(C(F)(F)F)cn2)c1C=CC(=O)O. The van der Waals surface area contributed by atoms with Crippen molar-refractivity contribution >= 4 is 12.0 Å². The molecular formula is C12H11F3N4O2. The lowest BCUT2D eigenvalue weighted by molar-refractivity contribution is -0.137. The van der Waals surface area contributed by atoms with Crippen molar-refractivity contribution in [2.24, 2.45) is 7.05 Å². The maximum atomic E-state index is 12.6. The number of hydrogen-bond donors (Lipinski definition) is 1. The second-order valence-electron chi connectivity index (χ2n) is 4.29. The second-order valence-corrected chi connectivity index (χ2v) is 4.29. The van der Waals surface area contributed by atoms with Crippen LogP contribution in [0.3, 0.4) is 0 Å². The molecule has 0 saturated carbocycles. The Morgan fingerprint density at radius 1 is 1.43 bits per heavy atom. The maximum Gasteiger partial charge on any atom is 0.419 e. The number of carboxylic acid groups (broad SMARTS) is 1.